The molecule has 0 N–H and O–H groups in total. The van der Waals surface area contributed by atoms with Gasteiger partial charge in [-0.2, -0.15) is 10.5 Å². The van der Waals surface area contributed by atoms with Gasteiger partial charge in [0.05, 0.1) is 5.56 Å². The van der Waals surface area contributed by atoms with Crippen LogP contribution in [-0.2, 0) is 6.42 Å². The zero-order chi connectivity index (χ0) is 22.9. The SMILES string of the molecule is CCC/C=C/C/C=C/CCCCCCCc1cccc(Oc2cccc(C#N)c2C#N)c1. The van der Waals surface area contributed by atoms with Gasteiger partial charge in [-0.15, -0.1) is 0 Å². The monoisotopic (exact) mass is 426 g/mol. The minimum atomic E-state index is 0.281. The molecule has 0 amide bonds. The Labute approximate surface area is 193 Å². The maximum atomic E-state index is 9.36. The van der Waals surface area contributed by atoms with Gasteiger partial charge < -0.3 is 4.74 Å². The molecular weight excluding hydrogens is 392 g/mol. The molecule has 2 rings (SSSR count). The Bertz CT molecular complexity index is 960. The molecule has 0 aromatic heterocycles. The lowest BCUT2D eigenvalue weighted by molar-refractivity contribution is 0.480. The molecule has 166 valence electrons. The number of nitriles is 2. The van der Waals surface area contributed by atoms with E-state index in [-0.39, 0.29) is 5.56 Å². The fourth-order valence-electron chi connectivity index (χ4n) is 3.51. The van der Waals surface area contributed by atoms with Gasteiger partial charge in [0, 0.05) is 0 Å². The van der Waals surface area contributed by atoms with Gasteiger partial charge in [0.2, 0.25) is 0 Å². The van der Waals surface area contributed by atoms with Gasteiger partial charge in [-0.3, -0.25) is 0 Å². The molecule has 3 heteroatoms. The van der Waals surface area contributed by atoms with Crippen LogP contribution < -0.4 is 4.74 Å². The second-order valence-electron chi connectivity index (χ2n) is 7.93. The van der Waals surface area contributed by atoms with Gasteiger partial charge in [-0.25, -0.2) is 0 Å². The molecule has 0 bridgehead atoms. The Hall–Kier alpha value is -3.30. The van der Waals surface area contributed by atoms with E-state index < -0.39 is 0 Å². The Morgan fingerprint density at radius 1 is 0.812 bits per heavy atom. The molecule has 0 radical (unpaired) electrons. The van der Waals surface area contributed by atoms with E-state index in [0.29, 0.717) is 17.1 Å². The summed E-state index contributed by atoms with van der Waals surface area (Å²) in [5.41, 5.74) is 1.85. The first-order valence-corrected chi connectivity index (χ1v) is 11.8. The maximum absolute atomic E-state index is 9.36. The zero-order valence-corrected chi connectivity index (χ0v) is 19.2. The van der Waals surface area contributed by atoms with Crippen molar-refractivity contribution in [1.29, 1.82) is 10.5 Å². The van der Waals surface area contributed by atoms with Gasteiger partial charge in [0.15, 0.2) is 0 Å². The number of ether oxygens (including phenoxy) is 1. The molecule has 0 aliphatic rings. The van der Waals surface area contributed by atoms with Crippen molar-refractivity contribution in [2.24, 2.45) is 0 Å². The Balaban J connectivity index is 1.68. The van der Waals surface area contributed by atoms with Crippen molar-refractivity contribution >= 4 is 0 Å². The van der Waals surface area contributed by atoms with Crippen LogP contribution >= 0.6 is 0 Å². The van der Waals surface area contributed by atoms with Crippen LogP contribution in [0.15, 0.2) is 66.8 Å². The van der Waals surface area contributed by atoms with Crippen molar-refractivity contribution in [3.8, 4) is 23.6 Å². The molecule has 0 heterocycles. The van der Waals surface area contributed by atoms with Gasteiger partial charge >= 0.3 is 0 Å². The van der Waals surface area contributed by atoms with E-state index in [4.69, 9.17) is 4.74 Å². The molecule has 2 aromatic carbocycles. The number of hydrogen-bond donors (Lipinski definition) is 0. The molecule has 3 nitrogen and oxygen atoms in total. The molecule has 0 aliphatic carbocycles. The van der Waals surface area contributed by atoms with Crippen LogP contribution in [0.25, 0.3) is 0 Å². The summed E-state index contributed by atoms with van der Waals surface area (Å²) >= 11 is 0. The smallest absolute Gasteiger partial charge is 0.146 e. The van der Waals surface area contributed by atoms with Gasteiger partial charge in [0.25, 0.3) is 0 Å². The lowest BCUT2D eigenvalue weighted by Crippen LogP contribution is -1.93. The summed E-state index contributed by atoms with van der Waals surface area (Å²) in [5.74, 6) is 1.13. The molecule has 2 aromatic rings. The third kappa shape index (κ3) is 9.23. The topological polar surface area (TPSA) is 56.8 Å². The number of aryl methyl sites for hydroxylation is 1. The number of rotatable bonds is 14. The van der Waals surface area contributed by atoms with E-state index in [1.807, 2.05) is 24.3 Å². The summed E-state index contributed by atoms with van der Waals surface area (Å²) in [4.78, 5) is 0. The van der Waals surface area contributed by atoms with Gasteiger partial charge in [-0.1, -0.05) is 75.1 Å². The predicted octanol–water partition coefficient (Wildman–Crippen LogP) is 8.41. The highest BCUT2D eigenvalue weighted by molar-refractivity contribution is 5.55. The minimum absolute atomic E-state index is 0.281. The highest BCUT2D eigenvalue weighted by Gasteiger charge is 2.10. The lowest BCUT2D eigenvalue weighted by Gasteiger charge is -2.10. The Morgan fingerprint density at radius 3 is 2.34 bits per heavy atom. The molecule has 0 unspecified atom stereocenters. The molecule has 0 saturated carbocycles. The fourth-order valence-corrected chi connectivity index (χ4v) is 3.51. The van der Waals surface area contributed by atoms with Crippen molar-refractivity contribution in [2.75, 3.05) is 0 Å². The molecule has 32 heavy (non-hydrogen) atoms. The largest absolute Gasteiger partial charge is 0.456 e. The molecular formula is C29H34N2O. The number of hydrogen-bond acceptors (Lipinski definition) is 3. The van der Waals surface area contributed by atoms with Gasteiger partial charge in [0.1, 0.15) is 29.2 Å². The quantitative estimate of drug-likeness (QED) is 0.225. The summed E-state index contributed by atoms with van der Waals surface area (Å²) < 4.78 is 5.92. The summed E-state index contributed by atoms with van der Waals surface area (Å²) in [5, 5.41) is 18.5. The summed E-state index contributed by atoms with van der Waals surface area (Å²) in [6, 6.07) is 17.2. The van der Waals surface area contributed by atoms with E-state index >= 15 is 0 Å². The standard InChI is InChI=1S/C29H34N2O/c1-2-3-4-5-6-7-8-9-10-11-12-13-14-17-25-18-15-20-27(22-25)32-29-21-16-19-26(23-30)28(29)24-31/h4-5,7-8,15-16,18-22H,2-3,6,9-14,17H2,1H3/b5-4+,8-7+. The van der Waals surface area contributed by atoms with Crippen LogP contribution in [0, 0.1) is 22.7 Å². The fraction of sp³-hybridized carbons (Fsp3) is 0.379. The van der Waals surface area contributed by atoms with Crippen molar-refractivity contribution in [3.63, 3.8) is 0 Å². The first-order chi connectivity index (χ1) is 15.8. The molecule has 0 fully saturated rings. The van der Waals surface area contributed by atoms with E-state index in [0.717, 1.165) is 19.3 Å². The highest BCUT2D eigenvalue weighted by atomic mass is 16.5. The highest BCUT2D eigenvalue weighted by Crippen LogP contribution is 2.28. The maximum Gasteiger partial charge on any atom is 0.146 e. The normalized spacial score (nSPS) is 11.0. The van der Waals surface area contributed by atoms with Crippen molar-refractivity contribution < 1.29 is 4.74 Å². The van der Waals surface area contributed by atoms with Crippen molar-refractivity contribution in [1.82, 2.24) is 0 Å². The third-order valence-electron chi connectivity index (χ3n) is 5.28. The first kappa shape index (κ1) is 25.0. The van der Waals surface area contributed by atoms with Crippen LogP contribution in [0.3, 0.4) is 0 Å². The van der Waals surface area contributed by atoms with Crippen LogP contribution in [0.2, 0.25) is 0 Å². The average molecular weight is 427 g/mol. The second-order valence-corrected chi connectivity index (χ2v) is 7.93. The summed E-state index contributed by atoms with van der Waals surface area (Å²) in [6.07, 6.45) is 21.0. The van der Waals surface area contributed by atoms with Crippen LogP contribution in [0.4, 0.5) is 0 Å². The van der Waals surface area contributed by atoms with Crippen molar-refractivity contribution in [3.05, 3.63) is 83.5 Å². The lowest BCUT2D eigenvalue weighted by atomic mass is 10.0. The van der Waals surface area contributed by atoms with E-state index in [1.165, 1.54) is 50.5 Å². The third-order valence-corrected chi connectivity index (χ3v) is 5.28. The number of unbranched alkanes of at least 4 members (excludes halogenated alkanes) is 6. The predicted molar refractivity (Wildman–Crippen MR) is 132 cm³/mol. The minimum Gasteiger partial charge on any atom is -0.456 e. The van der Waals surface area contributed by atoms with Crippen LogP contribution in [-0.4, -0.2) is 0 Å². The van der Waals surface area contributed by atoms with Crippen LogP contribution in [0.5, 0.6) is 11.5 Å². The second kappa shape index (κ2) is 15.5. The first-order valence-electron chi connectivity index (χ1n) is 11.8. The average Bonchev–Trinajstić information content (AvgIpc) is 2.82. The molecule has 0 spiro atoms. The summed E-state index contributed by atoms with van der Waals surface area (Å²) in [7, 11) is 0. The van der Waals surface area contributed by atoms with E-state index in [9.17, 15) is 10.5 Å². The number of benzene rings is 2. The Kier molecular flexibility index (Phi) is 12.1. The van der Waals surface area contributed by atoms with E-state index in [2.05, 4.69) is 43.4 Å². The van der Waals surface area contributed by atoms with Crippen molar-refractivity contribution in [2.45, 2.75) is 71.1 Å². The number of allylic oxidation sites excluding steroid dienone is 4. The van der Waals surface area contributed by atoms with Crippen LogP contribution in [0.1, 0.15) is 81.4 Å². The van der Waals surface area contributed by atoms with Gasteiger partial charge in [-0.05, 0) is 68.4 Å². The number of nitrogens with zero attached hydrogens (tertiary/aromatic N) is 2. The molecule has 0 aliphatic heterocycles. The molecule has 0 saturated heterocycles. The molecule has 0 atom stereocenters. The Morgan fingerprint density at radius 2 is 1.56 bits per heavy atom. The van der Waals surface area contributed by atoms with E-state index in [1.54, 1.807) is 18.2 Å². The zero-order valence-electron chi connectivity index (χ0n) is 19.2. The summed E-state index contributed by atoms with van der Waals surface area (Å²) in [6.45, 7) is 2.20.